The molecule has 2 rings (SSSR count). The first-order valence-corrected chi connectivity index (χ1v) is 9.17. The summed E-state index contributed by atoms with van der Waals surface area (Å²) in [5, 5.41) is 3.57. The number of anilines is 2. The van der Waals surface area contributed by atoms with Crippen LogP contribution in [0.3, 0.4) is 0 Å². The smallest absolute Gasteiger partial charge is 0.268 e. The average Bonchev–Trinajstić information content (AvgIpc) is 2.50. The van der Waals surface area contributed by atoms with Crippen molar-refractivity contribution < 1.29 is 0 Å². The van der Waals surface area contributed by atoms with E-state index in [1.54, 1.807) is 11.8 Å². The molecule has 7 heteroatoms. The first kappa shape index (κ1) is 17.0. The molecule has 0 bridgehead atoms. The Labute approximate surface area is 139 Å². The second-order valence-corrected chi connectivity index (χ2v) is 7.70. The molecule has 0 aliphatic carbocycles. The number of nitrogen functional groups attached to an aromatic ring is 1. The molecule has 0 saturated carbocycles. The first-order chi connectivity index (χ1) is 10.5. The molecule has 0 fully saturated rings. The van der Waals surface area contributed by atoms with Gasteiger partial charge in [-0.15, -0.1) is 23.5 Å². The summed E-state index contributed by atoms with van der Waals surface area (Å²) in [6.45, 7) is 8.91. The molecule has 120 valence electrons. The highest BCUT2D eigenvalue weighted by molar-refractivity contribution is 8.03. The SMILES string of the molecule is C=C/C(C)=C(/CCC1CNc2nc(N)[nH]c(=O)c2S1)SCC. The van der Waals surface area contributed by atoms with Crippen LogP contribution in [-0.4, -0.2) is 27.5 Å². The number of rotatable bonds is 6. The maximum Gasteiger partial charge on any atom is 0.268 e. The second-order valence-electron chi connectivity index (χ2n) is 5.03. The standard InChI is InChI=1S/C15H22N4OS2/c1-4-9(3)11(21-5-2)7-6-10-8-17-13-12(22-10)14(20)19-15(16)18-13/h4,10H,1,5-8H2,2-3H3,(H4,16,17,18,19,20)/b11-9-. The Morgan fingerprint density at radius 1 is 1.64 bits per heavy atom. The lowest BCUT2D eigenvalue weighted by atomic mass is 10.1. The number of fused-ring (bicyclic) bond motifs is 1. The van der Waals surface area contributed by atoms with Gasteiger partial charge in [0.25, 0.3) is 5.56 Å². The van der Waals surface area contributed by atoms with Crippen LogP contribution in [0.15, 0.2) is 32.8 Å². The molecule has 0 amide bonds. The number of thioether (sulfide) groups is 2. The highest BCUT2D eigenvalue weighted by Gasteiger charge is 2.23. The first-order valence-electron chi connectivity index (χ1n) is 7.30. The van der Waals surface area contributed by atoms with E-state index in [-0.39, 0.29) is 11.5 Å². The van der Waals surface area contributed by atoms with Crippen molar-refractivity contribution in [1.29, 1.82) is 0 Å². The zero-order valence-electron chi connectivity index (χ0n) is 12.9. The van der Waals surface area contributed by atoms with Crippen LogP contribution < -0.4 is 16.6 Å². The third-order valence-electron chi connectivity index (χ3n) is 3.43. The van der Waals surface area contributed by atoms with Crippen LogP contribution in [0.2, 0.25) is 0 Å². The number of nitrogens with one attached hydrogen (secondary N) is 2. The van der Waals surface area contributed by atoms with Gasteiger partial charge in [-0.2, -0.15) is 4.98 Å². The minimum absolute atomic E-state index is 0.154. The molecule has 1 aromatic rings. The quantitative estimate of drug-likeness (QED) is 0.691. The van der Waals surface area contributed by atoms with Crippen LogP contribution in [0.5, 0.6) is 0 Å². The van der Waals surface area contributed by atoms with Crippen molar-refractivity contribution in [3.8, 4) is 0 Å². The van der Waals surface area contributed by atoms with Gasteiger partial charge in [0.05, 0.1) is 0 Å². The number of H-pyrrole nitrogens is 1. The van der Waals surface area contributed by atoms with E-state index in [1.807, 2.05) is 17.8 Å². The summed E-state index contributed by atoms with van der Waals surface area (Å²) < 4.78 is 0. The Bertz CT molecular complexity index is 639. The van der Waals surface area contributed by atoms with Crippen molar-refractivity contribution in [1.82, 2.24) is 9.97 Å². The Hall–Kier alpha value is -1.34. The van der Waals surface area contributed by atoms with Crippen LogP contribution in [0.25, 0.3) is 0 Å². The van der Waals surface area contributed by atoms with E-state index in [2.05, 4.69) is 35.7 Å². The molecule has 0 aromatic carbocycles. The van der Waals surface area contributed by atoms with Gasteiger partial charge in [-0.3, -0.25) is 9.78 Å². The predicted octanol–water partition coefficient (Wildman–Crippen LogP) is 3.23. The van der Waals surface area contributed by atoms with Crippen LogP contribution in [-0.2, 0) is 0 Å². The summed E-state index contributed by atoms with van der Waals surface area (Å²) in [5.41, 5.74) is 6.65. The Morgan fingerprint density at radius 3 is 3.09 bits per heavy atom. The molecule has 1 aliphatic heterocycles. The maximum atomic E-state index is 12.0. The lowest BCUT2D eigenvalue weighted by Gasteiger charge is -2.24. The molecule has 2 heterocycles. The van der Waals surface area contributed by atoms with Gasteiger partial charge in [-0.05, 0) is 36.0 Å². The summed E-state index contributed by atoms with van der Waals surface area (Å²) in [6.07, 6.45) is 3.93. The van der Waals surface area contributed by atoms with Gasteiger partial charge in [0.15, 0.2) is 0 Å². The van der Waals surface area contributed by atoms with Gasteiger partial charge in [0, 0.05) is 11.8 Å². The largest absolute Gasteiger partial charge is 0.369 e. The van der Waals surface area contributed by atoms with E-state index in [9.17, 15) is 4.79 Å². The lowest BCUT2D eigenvalue weighted by molar-refractivity contribution is 0.774. The van der Waals surface area contributed by atoms with Gasteiger partial charge in [0.2, 0.25) is 5.95 Å². The molecule has 4 N–H and O–H groups in total. The van der Waals surface area contributed by atoms with E-state index < -0.39 is 0 Å². The molecule has 1 aromatic heterocycles. The molecule has 1 aliphatic rings. The molecule has 1 unspecified atom stereocenters. The van der Waals surface area contributed by atoms with Gasteiger partial charge < -0.3 is 11.1 Å². The normalized spacial score (nSPS) is 18.2. The van der Waals surface area contributed by atoms with Crippen molar-refractivity contribution in [2.45, 2.75) is 36.8 Å². The fourth-order valence-electron chi connectivity index (χ4n) is 2.25. The van der Waals surface area contributed by atoms with Crippen LogP contribution in [0.1, 0.15) is 26.7 Å². The van der Waals surface area contributed by atoms with E-state index >= 15 is 0 Å². The number of nitrogens with two attached hydrogens (primary N) is 1. The van der Waals surface area contributed by atoms with Crippen molar-refractivity contribution in [3.63, 3.8) is 0 Å². The fraction of sp³-hybridized carbons (Fsp3) is 0.467. The summed E-state index contributed by atoms with van der Waals surface area (Å²) >= 11 is 3.46. The highest BCUT2D eigenvalue weighted by atomic mass is 32.2. The van der Waals surface area contributed by atoms with Gasteiger partial charge >= 0.3 is 0 Å². The third-order valence-corrected chi connectivity index (χ3v) is 5.95. The van der Waals surface area contributed by atoms with E-state index in [1.165, 1.54) is 10.5 Å². The van der Waals surface area contributed by atoms with E-state index in [0.717, 1.165) is 25.1 Å². The molecule has 0 spiro atoms. The van der Waals surface area contributed by atoms with Crippen LogP contribution in [0.4, 0.5) is 11.8 Å². The second kappa shape index (κ2) is 7.78. The van der Waals surface area contributed by atoms with Crippen molar-refractivity contribution >= 4 is 35.3 Å². The molecule has 22 heavy (non-hydrogen) atoms. The van der Waals surface area contributed by atoms with Crippen molar-refractivity contribution in [2.24, 2.45) is 0 Å². The molecule has 0 saturated heterocycles. The minimum Gasteiger partial charge on any atom is -0.369 e. The van der Waals surface area contributed by atoms with Crippen molar-refractivity contribution in [3.05, 3.63) is 33.5 Å². The predicted molar refractivity (Wildman–Crippen MR) is 97.7 cm³/mol. The zero-order chi connectivity index (χ0) is 16.1. The number of aromatic nitrogens is 2. The molecular weight excluding hydrogens is 316 g/mol. The number of aromatic amines is 1. The topological polar surface area (TPSA) is 83.8 Å². The minimum atomic E-state index is -0.161. The molecule has 1 atom stereocenters. The Balaban J connectivity index is 2.04. The van der Waals surface area contributed by atoms with Crippen molar-refractivity contribution in [2.75, 3.05) is 23.3 Å². The Morgan fingerprint density at radius 2 is 2.41 bits per heavy atom. The summed E-state index contributed by atoms with van der Waals surface area (Å²) in [5.74, 6) is 1.81. The van der Waals surface area contributed by atoms with E-state index in [4.69, 9.17) is 5.73 Å². The van der Waals surface area contributed by atoms with E-state index in [0.29, 0.717) is 16.0 Å². The Kier molecular flexibility index (Phi) is 6.02. The summed E-state index contributed by atoms with van der Waals surface area (Å²) in [7, 11) is 0. The highest BCUT2D eigenvalue weighted by Crippen LogP contribution is 2.35. The third kappa shape index (κ3) is 4.10. The van der Waals surface area contributed by atoms with Gasteiger partial charge in [0.1, 0.15) is 10.7 Å². The number of nitrogens with zero attached hydrogens (tertiary/aromatic N) is 1. The monoisotopic (exact) mass is 338 g/mol. The molecule has 0 radical (unpaired) electrons. The van der Waals surface area contributed by atoms with Crippen LogP contribution in [0, 0.1) is 0 Å². The molecule has 5 nitrogen and oxygen atoms in total. The van der Waals surface area contributed by atoms with Crippen LogP contribution >= 0.6 is 23.5 Å². The summed E-state index contributed by atoms with van der Waals surface area (Å²) in [6, 6.07) is 0. The van der Waals surface area contributed by atoms with Gasteiger partial charge in [-0.1, -0.05) is 19.6 Å². The zero-order valence-corrected chi connectivity index (χ0v) is 14.6. The average molecular weight is 339 g/mol. The van der Waals surface area contributed by atoms with Gasteiger partial charge in [-0.25, -0.2) is 0 Å². The lowest BCUT2D eigenvalue weighted by Crippen LogP contribution is -2.27. The fourth-order valence-corrected chi connectivity index (χ4v) is 4.30. The number of hydrogen-bond acceptors (Lipinski definition) is 6. The number of allylic oxidation sites excluding steroid dienone is 3. The molecular formula is C15H22N4OS2. The number of hydrogen-bond donors (Lipinski definition) is 3. The summed E-state index contributed by atoms with van der Waals surface area (Å²) in [4.78, 5) is 20.7. The maximum absolute atomic E-state index is 12.0.